The van der Waals surface area contributed by atoms with Crippen LogP contribution >= 0.6 is 0 Å². The predicted molar refractivity (Wildman–Crippen MR) is 112 cm³/mol. The maximum atomic E-state index is 13.0. The lowest BCUT2D eigenvalue weighted by molar-refractivity contribution is -0.118. The van der Waals surface area contributed by atoms with E-state index in [1.165, 1.54) is 4.31 Å². The maximum absolute atomic E-state index is 13.0. The number of nitrogens with one attached hydrogen (secondary N) is 1. The van der Waals surface area contributed by atoms with Gasteiger partial charge in [0.25, 0.3) is 0 Å². The molecule has 28 heavy (non-hydrogen) atoms. The SMILES string of the molecule is CCS(=O)(=O)N1CCCc2cc(NC(=O)C(c3ccccc3)C3CC3)ccc21. The standard InChI is InChI=1S/C22H26N2O3S/c1-2-28(26,27)24-14-6-9-18-15-19(12-13-20(18)24)23-22(25)21(17-10-11-17)16-7-4-3-5-8-16/h3-5,7-8,12-13,15,17,21H,2,6,9-11,14H2,1H3,(H,23,25). The predicted octanol–water partition coefficient (Wildman–Crippen LogP) is 3.92. The minimum absolute atomic E-state index is 0.0162. The molecule has 0 aromatic heterocycles. The number of anilines is 2. The number of amides is 1. The molecule has 6 heteroatoms. The normalized spacial score (nSPS) is 17.7. The summed E-state index contributed by atoms with van der Waals surface area (Å²) in [4.78, 5) is 13.0. The van der Waals surface area contributed by atoms with Crippen LogP contribution in [0, 0.1) is 5.92 Å². The van der Waals surface area contributed by atoms with Crippen LogP contribution in [0.1, 0.15) is 43.2 Å². The number of fused-ring (bicyclic) bond motifs is 1. The number of sulfonamides is 1. The molecule has 2 aromatic rings. The highest BCUT2D eigenvalue weighted by molar-refractivity contribution is 7.92. The third kappa shape index (κ3) is 3.78. The lowest BCUT2D eigenvalue weighted by Gasteiger charge is -2.30. The van der Waals surface area contributed by atoms with Gasteiger partial charge in [0.15, 0.2) is 0 Å². The molecule has 0 saturated heterocycles. The van der Waals surface area contributed by atoms with Crippen LogP contribution in [0.25, 0.3) is 0 Å². The van der Waals surface area contributed by atoms with Gasteiger partial charge in [-0.15, -0.1) is 0 Å². The Bertz CT molecular complexity index is 969. The van der Waals surface area contributed by atoms with E-state index in [0.29, 0.717) is 12.5 Å². The Balaban J connectivity index is 1.57. The fourth-order valence-electron chi connectivity index (χ4n) is 4.03. The third-order valence-electron chi connectivity index (χ3n) is 5.66. The average molecular weight is 399 g/mol. The van der Waals surface area contributed by atoms with Crippen molar-refractivity contribution >= 4 is 27.3 Å². The van der Waals surface area contributed by atoms with E-state index in [2.05, 4.69) is 5.32 Å². The van der Waals surface area contributed by atoms with Crippen LogP contribution in [0.3, 0.4) is 0 Å². The lowest BCUT2D eigenvalue weighted by atomic mass is 9.93. The van der Waals surface area contributed by atoms with Crippen LogP contribution in [0.15, 0.2) is 48.5 Å². The highest BCUT2D eigenvalue weighted by atomic mass is 32.2. The first-order valence-corrected chi connectivity index (χ1v) is 11.6. The van der Waals surface area contributed by atoms with Crippen molar-refractivity contribution in [3.8, 4) is 0 Å². The number of hydrogen-bond acceptors (Lipinski definition) is 3. The van der Waals surface area contributed by atoms with E-state index in [4.69, 9.17) is 0 Å². The molecule has 1 aliphatic heterocycles. The van der Waals surface area contributed by atoms with Crippen molar-refractivity contribution in [1.82, 2.24) is 0 Å². The van der Waals surface area contributed by atoms with Gasteiger partial charge in [-0.25, -0.2) is 8.42 Å². The second-order valence-corrected chi connectivity index (χ2v) is 9.82. The summed E-state index contributed by atoms with van der Waals surface area (Å²) in [6, 6.07) is 15.5. The van der Waals surface area contributed by atoms with Crippen LogP contribution in [-0.4, -0.2) is 26.6 Å². The quantitative estimate of drug-likeness (QED) is 0.802. The number of carbonyl (C=O) groups is 1. The van der Waals surface area contributed by atoms with Gasteiger partial charge in [0.1, 0.15) is 0 Å². The molecule has 5 nitrogen and oxygen atoms in total. The van der Waals surface area contributed by atoms with Crippen LogP contribution in [0.5, 0.6) is 0 Å². The van der Waals surface area contributed by atoms with Gasteiger partial charge in [-0.2, -0.15) is 0 Å². The minimum atomic E-state index is -3.28. The third-order valence-corrected chi connectivity index (χ3v) is 7.44. The highest BCUT2D eigenvalue weighted by Gasteiger charge is 2.37. The molecular weight excluding hydrogens is 372 g/mol. The topological polar surface area (TPSA) is 66.5 Å². The van der Waals surface area contributed by atoms with E-state index < -0.39 is 10.0 Å². The minimum Gasteiger partial charge on any atom is -0.326 e. The second-order valence-electron chi connectivity index (χ2n) is 7.63. The van der Waals surface area contributed by atoms with Crippen LogP contribution in [-0.2, 0) is 21.2 Å². The van der Waals surface area contributed by atoms with Gasteiger partial charge in [0.05, 0.1) is 17.4 Å². The fraction of sp³-hybridized carbons (Fsp3) is 0.409. The van der Waals surface area contributed by atoms with Crippen molar-refractivity contribution < 1.29 is 13.2 Å². The zero-order valence-electron chi connectivity index (χ0n) is 16.1. The van der Waals surface area contributed by atoms with Crippen molar-refractivity contribution in [3.63, 3.8) is 0 Å². The van der Waals surface area contributed by atoms with Crippen molar-refractivity contribution in [1.29, 1.82) is 0 Å². The summed E-state index contributed by atoms with van der Waals surface area (Å²) in [6.07, 6.45) is 3.78. The van der Waals surface area contributed by atoms with Crippen molar-refractivity contribution in [3.05, 3.63) is 59.7 Å². The van der Waals surface area contributed by atoms with E-state index in [1.807, 2.05) is 48.5 Å². The summed E-state index contributed by atoms with van der Waals surface area (Å²) in [5, 5.41) is 3.07. The van der Waals surface area contributed by atoms with E-state index in [9.17, 15) is 13.2 Å². The first-order chi connectivity index (χ1) is 13.5. The molecule has 2 aliphatic rings. The zero-order chi connectivity index (χ0) is 19.7. The molecule has 0 spiro atoms. The van der Waals surface area contributed by atoms with Crippen molar-refractivity contribution in [2.24, 2.45) is 5.92 Å². The maximum Gasteiger partial charge on any atom is 0.234 e. The molecule has 4 rings (SSSR count). The van der Waals surface area contributed by atoms with Gasteiger partial charge < -0.3 is 5.32 Å². The highest BCUT2D eigenvalue weighted by Crippen LogP contribution is 2.43. The fourth-order valence-corrected chi connectivity index (χ4v) is 5.23. The van der Waals surface area contributed by atoms with Crippen LogP contribution in [0.4, 0.5) is 11.4 Å². The molecule has 0 bridgehead atoms. The molecule has 1 N–H and O–H groups in total. The Labute approximate surface area is 166 Å². The largest absolute Gasteiger partial charge is 0.326 e. The smallest absolute Gasteiger partial charge is 0.234 e. The van der Waals surface area contributed by atoms with Gasteiger partial charge >= 0.3 is 0 Å². The number of rotatable bonds is 6. The summed E-state index contributed by atoms with van der Waals surface area (Å²) in [5.74, 6) is 0.382. The summed E-state index contributed by atoms with van der Waals surface area (Å²) >= 11 is 0. The van der Waals surface area contributed by atoms with Crippen LogP contribution in [0.2, 0.25) is 0 Å². The number of nitrogens with zero attached hydrogens (tertiary/aromatic N) is 1. The lowest BCUT2D eigenvalue weighted by Crippen LogP contribution is -2.36. The number of carbonyl (C=O) groups excluding carboxylic acids is 1. The summed E-state index contributed by atoms with van der Waals surface area (Å²) in [7, 11) is -3.28. The number of aryl methyl sites for hydroxylation is 1. The van der Waals surface area contributed by atoms with Gasteiger partial charge in [-0.05, 0) is 67.9 Å². The summed E-state index contributed by atoms with van der Waals surface area (Å²) < 4.78 is 26.2. The Hall–Kier alpha value is -2.34. The first-order valence-electron chi connectivity index (χ1n) is 9.99. The molecule has 1 atom stereocenters. The van der Waals surface area contributed by atoms with E-state index in [0.717, 1.165) is 48.2 Å². The Morgan fingerprint density at radius 3 is 2.61 bits per heavy atom. The van der Waals surface area contributed by atoms with Crippen LogP contribution < -0.4 is 9.62 Å². The Morgan fingerprint density at radius 2 is 1.93 bits per heavy atom. The molecule has 1 heterocycles. The molecule has 1 amide bonds. The monoisotopic (exact) mass is 398 g/mol. The molecule has 1 aliphatic carbocycles. The Kier molecular flexibility index (Phi) is 5.15. The van der Waals surface area contributed by atoms with Crippen molar-refractivity contribution in [2.45, 2.75) is 38.5 Å². The van der Waals surface area contributed by atoms with Crippen molar-refractivity contribution in [2.75, 3.05) is 21.9 Å². The molecular formula is C22H26N2O3S. The van der Waals surface area contributed by atoms with E-state index >= 15 is 0 Å². The molecule has 148 valence electrons. The molecule has 2 aromatic carbocycles. The molecule has 1 saturated carbocycles. The zero-order valence-corrected chi connectivity index (χ0v) is 16.9. The summed E-state index contributed by atoms with van der Waals surface area (Å²) in [6.45, 7) is 2.19. The molecule has 1 fully saturated rings. The summed E-state index contributed by atoms with van der Waals surface area (Å²) in [5.41, 5.74) is 3.51. The number of benzene rings is 2. The van der Waals surface area contributed by atoms with Gasteiger partial charge in [-0.1, -0.05) is 30.3 Å². The van der Waals surface area contributed by atoms with E-state index in [-0.39, 0.29) is 17.6 Å². The van der Waals surface area contributed by atoms with Gasteiger partial charge in [-0.3, -0.25) is 9.10 Å². The first kappa shape index (κ1) is 19.0. The molecule has 0 radical (unpaired) electrons. The molecule has 1 unspecified atom stereocenters. The Morgan fingerprint density at radius 1 is 1.18 bits per heavy atom. The average Bonchev–Trinajstić information content (AvgIpc) is 3.53. The van der Waals surface area contributed by atoms with Gasteiger partial charge in [0.2, 0.25) is 15.9 Å². The second kappa shape index (κ2) is 7.59. The van der Waals surface area contributed by atoms with Gasteiger partial charge in [0, 0.05) is 12.2 Å². The number of hydrogen-bond donors (Lipinski definition) is 1. The van der Waals surface area contributed by atoms with E-state index in [1.54, 1.807) is 6.92 Å².